The van der Waals surface area contributed by atoms with Crippen molar-refractivity contribution in [3.05, 3.63) is 35.5 Å². The smallest absolute Gasteiger partial charge is 0.335 e. The number of carbonyl (C=O) groups is 1. The first kappa shape index (κ1) is 12.6. The molecule has 0 aliphatic rings. The molecular formula is C14H18N2O2. The quantitative estimate of drug-likeness (QED) is 0.852. The molecule has 1 heterocycles. The van der Waals surface area contributed by atoms with Gasteiger partial charge < -0.3 is 15.0 Å². The second kappa shape index (κ2) is 5.23. The summed E-state index contributed by atoms with van der Waals surface area (Å²) in [5, 5.41) is 13.4. The lowest BCUT2D eigenvalue weighted by Crippen LogP contribution is -2.15. The van der Waals surface area contributed by atoms with Crippen molar-refractivity contribution >= 4 is 16.9 Å². The Balaban J connectivity index is 2.51. The molecule has 1 aromatic heterocycles. The van der Waals surface area contributed by atoms with E-state index in [9.17, 15) is 4.79 Å². The number of hydrogen-bond donors (Lipinski definition) is 2. The summed E-state index contributed by atoms with van der Waals surface area (Å²) in [5.41, 5.74) is 2.52. The van der Waals surface area contributed by atoms with Crippen LogP contribution in [0.2, 0.25) is 0 Å². The normalized spacial score (nSPS) is 11.0. The first-order valence-electron chi connectivity index (χ1n) is 6.23. The Labute approximate surface area is 106 Å². The van der Waals surface area contributed by atoms with E-state index in [1.165, 1.54) is 5.69 Å². The van der Waals surface area contributed by atoms with Crippen molar-refractivity contribution in [1.29, 1.82) is 0 Å². The summed E-state index contributed by atoms with van der Waals surface area (Å²) in [4.78, 5) is 11.0. The highest BCUT2D eigenvalue weighted by atomic mass is 16.4. The molecule has 18 heavy (non-hydrogen) atoms. The maximum absolute atomic E-state index is 11.0. The van der Waals surface area contributed by atoms with E-state index < -0.39 is 5.97 Å². The van der Waals surface area contributed by atoms with Crippen molar-refractivity contribution in [3.63, 3.8) is 0 Å². The minimum absolute atomic E-state index is 0.338. The molecule has 1 aromatic carbocycles. The van der Waals surface area contributed by atoms with Crippen LogP contribution in [0.15, 0.2) is 24.3 Å². The van der Waals surface area contributed by atoms with Gasteiger partial charge in [-0.2, -0.15) is 0 Å². The Bertz CT molecular complexity index is 572. The van der Waals surface area contributed by atoms with Crippen LogP contribution in [0.1, 0.15) is 29.9 Å². The minimum Gasteiger partial charge on any atom is -0.478 e. The Kier molecular flexibility index (Phi) is 3.67. The number of nitrogens with one attached hydrogen (secondary N) is 1. The standard InChI is InChI=1S/C14H18N2O2/c1-3-15-9-12-7-10-5-6-11(14(17)18)8-13(10)16(12)4-2/h5-8,15H,3-4,9H2,1-2H3,(H,17,18). The molecule has 0 amide bonds. The highest BCUT2D eigenvalue weighted by Crippen LogP contribution is 2.21. The second-order valence-corrected chi connectivity index (χ2v) is 4.24. The van der Waals surface area contributed by atoms with E-state index in [2.05, 4.69) is 29.8 Å². The van der Waals surface area contributed by atoms with Gasteiger partial charge in [0.15, 0.2) is 0 Å². The van der Waals surface area contributed by atoms with Crippen molar-refractivity contribution < 1.29 is 9.90 Å². The molecule has 0 unspecified atom stereocenters. The van der Waals surface area contributed by atoms with E-state index in [0.717, 1.165) is 30.5 Å². The van der Waals surface area contributed by atoms with Gasteiger partial charge in [0, 0.05) is 24.3 Å². The second-order valence-electron chi connectivity index (χ2n) is 4.24. The van der Waals surface area contributed by atoms with Crippen LogP contribution in [-0.4, -0.2) is 22.2 Å². The molecule has 0 aliphatic carbocycles. The fourth-order valence-corrected chi connectivity index (χ4v) is 2.22. The zero-order valence-corrected chi connectivity index (χ0v) is 10.7. The zero-order valence-electron chi connectivity index (χ0n) is 10.7. The molecule has 0 bridgehead atoms. The predicted molar refractivity (Wildman–Crippen MR) is 72.0 cm³/mol. The van der Waals surface area contributed by atoms with Crippen molar-refractivity contribution in [3.8, 4) is 0 Å². The maximum atomic E-state index is 11.0. The van der Waals surface area contributed by atoms with E-state index in [-0.39, 0.29) is 0 Å². The SMILES string of the molecule is CCNCc1cc2ccc(C(=O)O)cc2n1CC. The van der Waals surface area contributed by atoms with Crippen molar-refractivity contribution in [2.75, 3.05) is 6.54 Å². The van der Waals surface area contributed by atoms with Gasteiger partial charge in [0.2, 0.25) is 0 Å². The molecule has 2 rings (SSSR count). The Morgan fingerprint density at radius 3 is 2.72 bits per heavy atom. The Morgan fingerprint density at radius 2 is 2.11 bits per heavy atom. The number of benzene rings is 1. The van der Waals surface area contributed by atoms with Crippen LogP contribution in [0.3, 0.4) is 0 Å². The third-order valence-electron chi connectivity index (χ3n) is 3.11. The summed E-state index contributed by atoms with van der Waals surface area (Å²) in [5.74, 6) is -0.881. The summed E-state index contributed by atoms with van der Waals surface area (Å²) >= 11 is 0. The summed E-state index contributed by atoms with van der Waals surface area (Å²) in [6.07, 6.45) is 0. The fraction of sp³-hybridized carbons (Fsp3) is 0.357. The number of hydrogen-bond acceptors (Lipinski definition) is 2. The average Bonchev–Trinajstić information content (AvgIpc) is 2.72. The molecule has 0 saturated carbocycles. The van der Waals surface area contributed by atoms with Gasteiger partial charge in [-0.15, -0.1) is 0 Å². The molecule has 96 valence electrons. The lowest BCUT2D eigenvalue weighted by Gasteiger charge is -2.08. The molecule has 4 nitrogen and oxygen atoms in total. The summed E-state index contributed by atoms with van der Waals surface area (Å²) in [6, 6.07) is 7.39. The lowest BCUT2D eigenvalue weighted by atomic mass is 10.1. The predicted octanol–water partition coefficient (Wildman–Crippen LogP) is 2.47. The lowest BCUT2D eigenvalue weighted by molar-refractivity contribution is 0.0697. The molecule has 0 spiro atoms. The highest BCUT2D eigenvalue weighted by molar-refractivity contribution is 5.93. The topological polar surface area (TPSA) is 54.3 Å². The van der Waals surface area contributed by atoms with Gasteiger partial charge in [-0.3, -0.25) is 0 Å². The monoisotopic (exact) mass is 246 g/mol. The maximum Gasteiger partial charge on any atom is 0.335 e. The summed E-state index contributed by atoms with van der Waals surface area (Å²) in [7, 11) is 0. The van der Waals surface area contributed by atoms with Crippen LogP contribution in [0.25, 0.3) is 10.9 Å². The molecule has 4 heteroatoms. The number of carboxylic acid groups (broad SMARTS) is 1. The van der Waals surface area contributed by atoms with Gasteiger partial charge in [-0.05, 0) is 37.1 Å². The summed E-state index contributed by atoms with van der Waals surface area (Å²) in [6.45, 7) is 6.71. The number of aryl methyl sites for hydroxylation is 1. The fourth-order valence-electron chi connectivity index (χ4n) is 2.22. The van der Waals surface area contributed by atoms with E-state index in [0.29, 0.717) is 5.56 Å². The third kappa shape index (κ3) is 2.24. The van der Waals surface area contributed by atoms with Crippen molar-refractivity contribution in [2.45, 2.75) is 26.9 Å². The van der Waals surface area contributed by atoms with Crippen LogP contribution >= 0.6 is 0 Å². The van der Waals surface area contributed by atoms with Crippen LogP contribution in [-0.2, 0) is 13.1 Å². The molecule has 2 aromatic rings. The molecule has 0 fully saturated rings. The molecule has 0 aliphatic heterocycles. The number of carboxylic acids is 1. The van der Waals surface area contributed by atoms with Gasteiger partial charge in [0.05, 0.1) is 5.56 Å². The van der Waals surface area contributed by atoms with Crippen molar-refractivity contribution in [2.24, 2.45) is 0 Å². The zero-order chi connectivity index (χ0) is 13.1. The van der Waals surface area contributed by atoms with Crippen LogP contribution < -0.4 is 5.32 Å². The number of aromatic carboxylic acids is 1. The van der Waals surface area contributed by atoms with E-state index in [1.54, 1.807) is 12.1 Å². The molecular weight excluding hydrogens is 228 g/mol. The number of nitrogens with zero attached hydrogens (tertiary/aromatic N) is 1. The average molecular weight is 246 g/mol. The largest absolute Gasteiger partial charge is 0.478 e. The molecule has 0 saturated heterocycles. The van der Waals surface area contributed by atoms with Gasteiger partial charge >= 0.3 is 5.97 Å². The van der Waals surface area contributed by atoms with Gasteiger partial charge in [0.25, 0.3) is 0 Å². The van der Waals surface area contributed by atoms with Crippen LogP contribution in [0, 0.1) is 0 Å². The molecule has 0 atom stereocenters. The molecule has 0 radical (unpaired) electrons. The third-order valence-corrected chi connectivity index (χ3v) is 3.11. The van der Waals surface area contributed by atoms with Crippen LogP contribution in [0.4, 0.5) is 0 Å². The van der Waals surface area contributed by atoms with Crippen molar-refractivity contribution in [1.82, 2.24) is 9.88 Å². The van der Waals surface area contributed by atoms with E-state index in [4.69, 9.17) is 5.11 Å². The van der Waals surface area contributed by atoms with Gasteiger partial charge in [0.1, 0.15) is 0 Å². The minimum atomic E-state index is -0.881. The Morgan fingerprint density at radius 1 is 1.33 bits per heavy atom. The van der Waals surface area contributed by atoms with Crippen LogP contribution in [0.5, 0.6) is 0 Å². The first-order chi connectivity index (χ1) is 8.67. The molecule has 2 N–H and O–H groups in total. The van der Waals surface area contributed by atoms with E-state index >= 15 is 0 Å². The number of rotatable bonds is 5. The summed E-state index contributed by atoms with van der Waals surface area (Å²) < 4.78 is 2.16. The van der Waals surface area contributed by atoms with Gasteiger partial charge in [-0.1, -0.05) is 13.0 Å². The van der Waals surface area contributed by atoms with Gasteiger partial charge in [-0.25, -0.2) is 4.79 Å². The van der Waals surface area contributed by atoms with E-state index in [1.807, 2.05) is 6.07 Å². The number of aromatic nitrogens is 1. The first-order valence-corrected chi connectivity index (χ1v) is 6.23. The number of fused-ring (bicyclic) bond motifs is 1. The Hall–Kier alpha value is -1.81. The highest BCUT2D eigenvalue weighted by Gasteiger charge is 2.10.